The quantitative estimate of drug-likeness (QED) is 0.825. The summed E-state index contributed by atoms with van der Waals surface area (Å²) in [5, 5.41) is 8.08. The van der Waals surface area contributed by atoms with Crippen molar-refractivity contribution in [1.29, 1.82) is 0 Å². The van der Waals surface area contributed by atoms with Gasteiger partial charge in [-0.2, -0.15) is 5.10 Å². The van der Waals surface area contributed by atoms with Crippen molar-refractivity contribution >= 4 is 15.9 Å². The Balaban J connectivity index is 2.18. The van der Waals surface area contributed by atoms with Gasteiger partial charge in [0.15, 0.2) is 0 Å². The van der Waals surface area contributed by atoms with Crippen LogP contribution in [0.5, 0.6) is 0 Å². The van der Waals surface area contributed by atoms with Gasteiger partial charge in [-0.15, -0.1) is 0 Å². The van der Waals surface area contributed by atoms with E-state index in [1.165, 1.54) is 11.3 Å². The number of nitrogens with one attached hydrogen (secondary N) is 1. The molecule has 0 aliphatic rings. The van der Waals surface area contributed by atoms with Crippen LogP contribution in [-0.2, 0) is 20.0 Å². The van der Waals surface area contributed by atoms with Crippen molar-refractivity contribution in [2.75, 3.05) is 6.54 Å². The molecule has 116 valence electrons. The minimum absolute atomic E-state index is 0.442. The third kappa shape index (κ3) is 3.58. The number of halogens is 1. The van der Waals surface area contributed by atoms with Crippen LogP contribution in [0, 0.1) is 0 Å². The fourth-order valence-corrected chi connectivity index (χ4v) is 3.41. The van der Waals surface area contributed by atoms with E-state index >= 15 is 0 Å². The van der Waals surface area contributed by atoms with Crippen LogP contribution in [0.3, 0.4) is 0 Å². The van der Waals surface area contributed by atoms with Gasteiger partial charge < -0.3 is 9.88 Å². The van der Waals surface area contributed by atoms with Crippen LogP contribution in [0.2, 0.25) is 0 Å². The summed E-state index contributed by atoms with van der Waals surface area (Å²) in [6, 6.07) is 2.65. The molecule has 2 aromatic heterocycles. The van der Waals surface area contributed by atoms with Gasteiger partial charge in [0.25, 0.3) is 0 Å². The second-order valence-corrected chi connectivity index (χ2v) is 6.11. The molecule has 21 heavy (non-hydrogen) atoms. The van der Waals surface area contributed by atoms with Crippen molar-refractivity contribution in [1.82, 2.24) is 19.7 Å². The Morgan fingerprint density at radius 3 is 2.67 bits per heavy atom. The van der Waals surface area contributed by atoms with Gasteiger partial charge in [0.2, 0.25) is 0 Å². The van der Waals surface area contributed by atoms with Gasteiger partial charge in [-0.3, -0.25) is 4.68 Å². The molecule has 5 heteroatoms. The summed E-state index contributed by atoms with van der Waals surface area (Å²) in [5.74, 6) is 0. The average molecular weight is 353 g/mol. The van der Waals surface area contributed by atoms with Gasteiger partial charge in [0.1, 0.15) is 0 Å². The number of aromatic nitrogens is 3. The first-order valence-electron chi connectivity index (χ1n) is 7.69. The number of hydrogen-bond acceptors (Lipinski definition) is 2. The van der Waals surface area contributed by atoms with Gasteiger partial charge in [-0.25, -0.2) is 0 Å². The Hall–Kier alpha value is -1.07. The highest BCUT2D eigenvalue weighted by atomic mass is 79.9. The summed E-state index contributed by atoms with van der Waals surface area (Å²) in [5.41, 5.74) is 3.69. The smallest absolute Gasteiger partial charge is 0.0767 e. The monoisotopic (exact) mass is 352 g/mol. The molecule has 0 saturated carbocycles. The summed E-state index contributed by atoms with van der Waals surface area (Å²) in [4.78, 5) is 0. The van der Waals surface area contributed by atoms with Crippen molar-refractivity contribution in [3.8, 4) is 0 Å². The van der Waals surface area contributed by atoms with E-state index in [0.717, 1.165) is 36.1 Å². The molecule has 0 aromatic carbocycles. The van der Waals surface area contributed by atoms with E-state index in [1.807, 2.05) is 11.7 Å². The maximum atomic E-state index is 4.56. The summed E-state index contributed by atoms with van der Waals surface area (Å²) in [6.07, 6.45) is 6.44. The topological polar surface area (TPSA) is 34.8 Å². The van der Waals surface area contributed by atoms with Gasteiger partial charge >= 0.3 is 0 Å². The van der Waals surface area contributed by atoms with Crippen molar-refractivity contribution < 1.29 is 0 Å². The van der Waals surface area contributed by atoms with Crippen molar-refractivity contribution in [2.45, 2.75) is 46.2 Å². The zero-order valence-electron chi connectivity index (χ0n) is 13.4. The largest absolute Gasteiger partial charge is 0.348 e. The first-order valence-corrected chi connectivity index (χ1v) is 8.49. The summed E-state index contributed by atoms with van der Waals surface area (Å²) >= 11 is 3.69. The molecule has 0 aliphatic heterocycles. The molecule has 0 spiro atoms. The van der Waals surface area contributed by atoms with Crippen LogP contribution in [-0.4, -0.2) is 20.9 Å². The van der Waals surface area contributed by atoms with Crippen LogP contribution >= 0.6 is 15.9 Å². The molecule has 0 amide bonds. The Labute approximate surface area is 135 Å². The highest BCUT2D eigenvalue weighted by Crippen LogP contribution is 2.23. The molecule has 0 bridgehead atoms. The predicted octanol–water partition coefficient (Wildman–Crippen LogP) is 3.66. The van der Waals surface area contributed by atoms with Crippen LogP contribution in [0.15, 0.2) is 22.9 Å². The first kappa shape index (κ1) is 16.3. The lowest BCUT2D eigenvalue weighted by molar-refractivity contribution is 0.536. The summed E-state index contributed by atoms with van der Waals surface area (Å²) in [6.45, 7) is 8.34. The lowest BCUT2D eigenvalue weighted by Crippen LogP contribution is -2.19. The minimum atomic E-state index is 0.442. The van der Waals surface area contributed by atoms with Gasteiger partial charge in [0.05, 0.1) is 22.4 Å². The third-order valence-electron chi connectivity index (χ3n) is 3.87. The van der Waals surface area contributed by atoms with E-state index < -0.39 is 0 Å². The molecule has 0 fully saturated rings. The molecular formula is C16H25BrN4. The van der Waals surface area contributed by atoms with Crippen LogP contribution < -0.4 is 5.32 Å². The Bertz CT molecular complexity index is 585. The Morgan fingerprint density at radius 2 is 2.10 bits per heavy atom. The molecule has 2 heterocycles. The molecule has 2 aromatic rings. The zero-order chi connectivity index (χ0) is 15.4. The van der Waals surface area contributed by atoms with Crippen molar-refractivity contribution in [3.05, 3.63) is 39.9 Å². The average Bonchev–Trinajstić information content (AvgIpc) is 3.04. The van der Waals surface area contributed by atoms with Crippen LogP contribution in [0.1, 0.15) is 50.2 Å². The van der Waals surface area contributed by atoms with Crippen molar-refractivity contribution in [3.63, 3.8) is 0 Å². The molecule has 0 aliphatic carbocycles. The SMILES string of the molecule is CCNC(CC)c1ccn(Cc2c(Br)c(CC)nn2C)c1. The van der Waals surface area contributed by atoms with Gasteiger partial charge in [0, 0.05) is 25.5 Å². The predicted molar refractivity (Wildman–Crippen MR) is 90.5 cm³/mol. The van der Waals surface area contributed by atoms with Crippen LogP contribution in [0.25, 0.3) is 0 Å². The molecule has 1 N–H and O–H groups in total. The lowest BCUT2D eigenvalue weighted by Gasteiger charge is -2.14. The van der Waals surface area contributed by atoms with E-state index in [-0.39, 0.29) is 0 Å². The molecule has 0 radical (unpaired) electrons. The Kier molecular flexibility index (Phi) is 5.65. The van der Waals surface area contributed by atoms with Gasteiger partial charge in [-0.1, -0.05) is 20.8 Å². The standard InChI is InChI=1S/C16H25BrN4/c1-5-13(18-7-3)12-8-9-21(10-12)11-15-16(17)14(6-2)19-20(15)4/h8-10,13,18H,5-7,11H2,1-4H3. The van der Waals surface area contributed by atoms with Crippen LogP contribution in [0.4, 0.5) is 0 Å². The molecule has 0 saturated heterocycles. The van der Waals surface area contributed by atoms with E-state index in [9.17, 15) is 0 Å². The first-order chi connectivity index (χ1) is 10.1. The number of rotatable bonds is 7. The summed E-state index contributed by atoms with van der Waals surface area (Å²) < 4.78 is 5.35. The summed E-state index contributed by atoms with van der Waals surface area (Å²) in [7, 11) is 2.01. The fraction of sp³-hybridized carbons (Fsp3) is 0.562. The zero-order valence-corrected chi connectivity index (χ0v) is 14.9. The lowest BCUT2D eigenvalue weighted by atomic mass is 10.1. The van der Waals surface area contributed by atoms with E-state index in [1.54, 1.807) is 0 Å². The highest BCUT2D eigenvalue weighted by molar-refractivity contribution is 9.10. The second kappa shape index (κ2) is 7.27. The normalized spacial score (nSPS) is 12.8. The van der Waals surface area contributed by atoms with E-state index in [2.05, 4.69) is 70.1 Å². The molecule has 2 rings (SSSR count). The maximum absolute atomic E-state index is 4.56. The fourth-order valence-electron chi connectivity index (χ4n) is 2.67. The van der Waals surface area contributed by atoms with E-state index in [4.69, 9.17) is 0 Å². The molecular weight excluding hydrogens is 328 g/mol. The number of aryl methyl sites for hydroxylation is 2. The Morgan fingerprint density at radius 1 is 1.33 bits per heavy atom. The molecule has 1 unspecified atom stereocenters. The van der Waals surface area contributed by atoms with Gasteiger partial charge in [-0.05, 0) is 46.9 Å². The maximum Gasteiger partial charge on any atom is 0.0767 e. The highest BCUT2D eigenvalue weighted by Gasteiger charge is 2.14. The number of nitrogens with zero attached hydrogens (tertiary/aromatic N) is 3. The van der Waals surface area contributed by atoms with Crippen molar-refractivity contribution in [2.24, 2.45) is 7.05 Å². The second-order valence-electron chi connectivity index (χ2n) is 5.32. The molecule has 4 nitrogen and oxygen atoms in total. The van der Waals surface area contributed by atoms with E-state index in [0.29, 0.717) is 6.04 Å². The number of hydrogen-bond donors (Lipinski definition) is 1. The minimum Gasteiger partial charge on any atom is -0.348 e. The third-order valence-corrected chi connectivity index (χ3v) is 4.79. The molecule has 1 atom stereocenters.